The maximum atomic E-state index is 13.1. The number of piperidine rings is 1. The van der Waals surface area contributed by atoms with E-state index in [2.05, 4.69) is 34.7 Å². The third kappa shape index (κ3) is 5.08. The topological polar surface area (TPSA) is 93.0 Å². The van der Waals surface area contributed by atoms with E-state index in [9.17, 15) is 9.59 Å². The third-order valence-electron chi connectivity index (χ3n) is 5.91. The zero-order valence-corrected chi connectivity index (χ0v) is 19.4. The fourth-order valence-corrected chi connectivity index (χ4v) is 5.02. The molecule has 1 aromatic heterocycles. The molecular weight excluding hydrogens is 412 g/mol. The lowest BCUT2D eigenvalue weighted by atomic mass is 9.91. The number of nitrogens with zero attached hydrogens (tertiary/aromatic N) is 5. The van der Waals surface area contributed by atoms with Gasteiger partial charge in [0.1, 0.15) is 0 Å². The Labute approximate surface area is 187 Å². The molecule has 2 fully saturated rings. The second kappa shape index (κ2) is 8.98. The minimum atomic E-state index is -0.369. The average molecular weight is 443 g/mol. The van der Waals surface area contributed by atoms with E-state index in [1.165, 1.54) is 11.8 Å². The fourth-order valence-electron chi connectivity index (χ4n) is 4.16. The number of anilines is 1. The van der Waals surface area contributed by atoms with Crippen molar-refractivity contribution >= 4 is 29.3 Å². The van der Waals surface area contributed by atoms with Gasteiger partial charge in [0.15, 0.2) is 0 Å². The quantitative estimate of drug-likeness (QED) is 0.688. The first-order valence-electron chi connectivity index (χ1n) is 11.0. The fraction of sp³-hybridized carbons (Fsp3) is 0.591. The Kier molecular flexibility index (Phi) is 6.31. The summed E-state index contributed by atoms with van der Waals surface area (Å²) >= 11 is 1.35. The van der Waals surface area contributed by atoms with Crippen LogP contribution in [0.15, 0.2) is 23.4 Å². The molecular formula is C22H30N6O2S. The monoisotopic (exact) mass is 442 g/mol. The molecule has 0 bridgehead atoms. The molecule has 0 radical (unpaired) electrons. The normalized spacial score (nSPS) is 22.3. The Morgan fingerprint density at radius 2 is 1.90 bits per heavy atom. The van der Waals surface area contributed by atoms with Crippen LogP contribution in [0.3, 0.4) is 0 Å². The number of tetrazole rings is 1. The Morgan fingerprint density at radius 3 is 2.58 bits per heavy atom. The number of carbonyl (C=O) groups excluding carboxylic acids is 2. The molecule has 3 unspecified atom stereocenters. The van der Waals surface area contributed by atoms with Crippen molar-refractivity contribution in [2.24, 2.45) is 11.8 Å². The number of aromatic nitrogens is 4. The highest BCUT2D eigenvalue weighted by Gasteiger charge is 2.30. The van der Waals surface area contributed by atoms with E-state index in [-0.39, 0.29) is 17.1 Å². The van der Waals surface area contributed by atoms with Gasteiger partial charge in [0, 0.05) is 24.3 Å². The van der Waals surface area contributed by atoms with E-state index in [1.807, 2.05) is 30.9 Å². The molecule has 1 N–H and O–H groups in total. The highest BCUT2D eigenvalue weighted by molar-refractivity contribution is 8.00. The summed E-state index contributed by atoms with van der Waals surface area (Å²) < 4.78 is 1.81. The highest BCUT2D eigenvalue weighted by atomic mass is 32.2. The van der Waals surface area contributed by atoms with Crippen LogP contribution in [-0.4, -0.2) is 55.3 Å². The highest BCUT2D eigenvalue weighted by Crippen LogP contribution is 2.37. The minimum Gasteiger partial charge on any atom is -0.338 e. The van der Waals surface area contributed by atoms with Gasteiger partial charge in [-0.15, -0.1) is 5.10 Å². The standard InChI is InChI=1S/C22H30N6O2S/c1-13-9-14(2)12-27(11-13)21(30)17-6-5-15(3)19(10-17)23-20(29)16(4)31-22-24-25-26-28(22)18-7-8-18/h5-6,10,13-14,16,18H,7-9,11-12H2,1-4H3,(H,23,29). The van der Waals surface area contributed by atoms with Gasteiger partial charge in [0.25, 0.3) is 5.91 Å². The number of thioether (sulfide) groups is 1. The second-order valence-electron chi connectivity index (χ2n) is 9.07. The SMILES string of the molecule is Cc1ccc(C(=O)N2CC(C)CC(C)C2)cc1NC(=O)C(C)Sc1nnnn1C1CC1. The van der Waals surface area contributed by atoms with Crippen LogP contribution in [-0.2, 0) is 4.79 Å². The summed E-state index contributed by atoms with van der Waals surface area (Å²) in [6.45, 7) is 9.71. The molecule has 166 valence electrons. The van der Waals surface area contributed by atoms with E-state index in [4.69, 9.17) is 0 Å². The molecule has 1 aromatic carbocycles. The molecule has 3 atom stereocenters. The lowest BCUT2D eigenvalue weighted by Crippen LogP contribution is -2.42. The van der Waals surface area contributed by atoms with Crippen LogP contribution in [0.4, 0.5) is 5.69 Å². The molecule has 1 aliphatic heterocycles. The van der Waals surface area contributed by atoms with Crippen LogP contribution < -0.4 is 5.32 Å². The predicted molar refractivity (Wildman–Crippen MR) is 120 cm³/mol. The van der Waals surface area contributed by atoms with Gasteiger partial charge in [0.2, 0.25) is 11.1 Å². The molecule has 1 aliphatic carbocycles. The first-order valence-corrected chi connectivity index (χ1v) is 11.8. The number of nitrogens with one attached hydrogen (secondary N) is 1. The van der Waals surface area contributed by atoms with Crippen molar-refractivity contribution in [3.63, 3.8) is 0 Å². The number of hydrogen-bond donors (Lipinski definition) is 1. The van der Waals surface area contributed by atoms with Crippen molar-refractivity contribution in [3.8, 4) is 0 Å². The molecule has 0 spiro atoms. The summed E-state index contributed by atoms with van der Waals surface area (Å²) in [7, 11) is 0. The van der Waals surface area contributed by atoms with Gasteiger partial charge in [-0.2, -0.15) is 0 Å². The minimum absolute atomic E-state index is 0.0277. The molecule has 2 aliphatic rings. The molecule has 2 amide bonds. The number of rotatable bonds is 6. The van der Waals surface area contributed by atoms with Crippen molar-refractivity contribution in [2.45, 2.75) is 63.4 Å². The molecule has 1 saturated heterocycles. The van der Waals surface area contributed by atoms with Gasteiger partial charge < -0.3 is 10.2 Å². The van der Waals surface area contributed by atoms with Gasteiger partial charge in [-0.05, 0) is 73.1 Å². The Morgan fingerprint density at radius 1 is 1.19 bits per heavy atom. The Bertz CT molecular complexity index is 963. The van der Waals surface area contributed by atoms with Crippen LogP contribution in [0.2, 0.25) is 0 Å². The lowest BCUT2D eigenvalue weighted by molar-refractivity contribution is -0.115. The van der Waals surface area contributed by atoms with Gasteiger partial charge in [-0.25, -0.2) is 4.68 Å². The third-order valence-corrected chi connectivity index (χ3v) is 6.95. The number of amides is 2. The number of carbonyl (C=O) groups is 2. The average Bonchev–Trinajstić information content (AvgIpc) is 3.47. The zero-order valence-electron chi connectivity index (χ0n) is 18.5. The summed E-state index contributed by atoms with van der Waals surface area (Å²) in [5.41, 5.74) is 2.20. The summed E-state index contributed by atoms with van der Waals surface area (Å²) in [6.07, 6.45) is 3.31. The van der Waals surface area contributed by atoms with Crippen LogP contribution in [0.5, 0.6) is 0 Å². The van der Waals surface area contributed by atoms with E-state index in [0.717, 1.165) is 37.9 Å². The number of hydrogen-bond acceptors (Lipinski definition) is 6. The summed E-state index contributed by atoms with van der Waals surface area (Å²) in [5, 5.41) is 15.1. The van der Waals surface area contributed by atoms with Crippen molar-refractivity contribution in [1.29, 1.82) is 0 Å². The van der Waals surface area contributed by atoms with Crippen molar-refractivity contribution in [2.75, 3.05) is 18.4 Å². The molecule has 1 saturated carbocycles. The number of likely N-dealkylation sites (tertiary alicyclic amines) is 1. The van der Waals surface area contributed by atoms with Crippen LogP contribution >= 0.6 is 11.8 Å². The van der Waals surface area contributed by atoms with E-state index >= 15 is 0 Å². The number of aryl methyl sites for hydroxylation is 1. The van der Waals surface area contributed by atoms with Gasteiger partial charge in [-0.1, -0.05) is 31.7 Å². The van der Waals surface area contributed by atoms with Crippen LogP contribution in [0, 0.1) is 18.8 Å². The summed E-state index contributed by atoms with van der Waals surface area (Å²) in [4.78, 5) is 27.9. The van der Waals surface area contributed by atoms with E-state index in [0.29, 0.717) is 34.3 Å². The Balaban J connectivity index is 1.43. The smallest absolute Gasteiger partial charge is 0.253 e. The zero-order chi connectivity index (χ0) is 22.1. The molecule has 9 heteroatoms. The first-order chi connectivity index (χ1) is 14.8. The molecule has 31 heavy (non-hydrogen) atoms. The van der Waals surface area contributed by atoms with Gasteiger partial charge in [0.05, 0.1) is 11.3 Å². The van der Waals surface area contributed by atoms with Crippen molar-refractivity contribution in [3.05, 3.63) is 29.3 Å². The van der Waals surface area contributed by atoms with Crippen LogP contribution in [0.1, 0.15) is 62.0 Å². The summed E-state index contributed by atoms with van der Waals surface area (Å²) in [5.74, 6) is 0.896. The van der Waals surface area contributed by atoms with Gasteiger partial charge in [-0.3, -0.25) is 9.59 Å². The largest absolute Gasteiger partial charge is 0.338 e. The number of benzene rings is 1. The van der Waals surface area contributed by atoms with Crippen molar-refractivity contribution in [1.82, 2.24) is 25.1 Å². The maximum Gasteiger partial charge on any atom is 0.253 e. The molecule has 8 nitrogen and oxygen atoms in total. The lowest BCUT2D eigenvalue weighted by Gasteiger charge is -2.35. The summed E-state index contributed by atoms with van der Waals surface area (Å²) in [6, 6.07) is 5.90. The molecule has 2 aromatic rings. The van der Waals surface area contributed by atoms with Crippen molar-refractivity contribution < 1.29 is 9.59 Å². The van der Waals surface area contributed by atoms with Crippen LogP contribution in [0.25, 0.3) is 0 Å². The predicted octanol–water partition coefficient (Wildman–Crippen LogP) is 3.55. The van der Waals surface area contributed by atoms with E-state index in [1.54, 1.807) is 10.7 Å². The second-order valence-corrected chi connectivity index (χ2v) is 10.4. The van der Waals surface area contributed by atoms with E-state index < -0.39 is 0 Å². The molecule has 4 rings (SSSR count). The molecule has 2 heterocycles. The first kappa shape index (κ1) is 21.8. The Hall–Kier alpha value is -2.42. The van der Waals surface area contributed by atoms with Gasteiger partial charge >= 0.3 is 0 Å². The maximum absolute atomic E-state index is 13.1.